The third-order valence-electron chi connectivity index (χ3n) is 6.14. The number of imidazole rings is 1. The molecule has 1 saturated carbocycles. The van der Waals surface area contributed by atoms with E-state index in [9.17, 15) is 9.59 Å². The molecule has 1 fully saturated rings. The van der Waals surface area contributed by atoms with E-state index in [0.29, 0.717) is 17.0 Å². The molecule has 0 saturated heterocycles. The molecule has 3 N–H and O–H groups in total. The van der Waals surface area contributed by atoms with Gasteiger partial charge in [0.2, 0.25) is 0 Å². The van der Waals surface area contributed by atoms with Gasteiger partial charge in [0.15, 0.2) is 0 Å². The van der Waals surface area contributed by atoms with Crippen molar-refractivity contribution >= 4 is 28.5 Å². The van der Waals surface area contributed by atoms with E-state index in [2.05, 4.69) is 20.6 Å². The van der Waals surface area contributed by atoms with Crippen LogP contribution in [-0.2, 0) is 0 Å². The fraction of sp³-hybridized carbons (Fsp3) is 0.222. The molecule has 1 aromatic heterocycles. The summed E-state index contributed by atoms with van der Waals surface area (Å²) in [6, 6.07) is 22.5. The highest BCUT2D eigenvalue weighted by atomic mass is 16.2. The molecular formula is C27H26N4O2. The van der Waals surface area contributed by atoms with Crippen molar-refractivity contribution in [3.63, 3.8) is 0 Å². The second-order valence-corrected chi connectivity index (χ2v) is 8.52. The zero-order valence-electron chi connectivity index (χ0n) is 18.3. The zero-order chi connectivity index (χ0) is 22.6. The van der Waals surface area contributed by atoms with Gasteiger partial charge in [-0.05, 0) is 55.3 Å². The second-order valence-electron chi connectivity index (χ2n) is 8.52. The third kappa shape index (κ3) is 4.80. The predicted molar refractivity (Wildman–Crippen MR) is 130 cm³/mol. The molecule has 0 atom stereocenters. The Morgan fingerprint density at radius 3 is 2.30 bits per heavy atom. The van der Waals surface area contributed by atoms with Crippen molar-refractivity contribution in [1.29, 1.82) is 0 Å². The maximum atomic E-state index is 12.6. The second kappa shape index (κ2) is 9.28. The molecule has 0 unspecified atom stereocenters. The van der Waals surface area contributed by atoms with E-state index in [1.165, 1.54) is 19.3 Å². The first-order valence-corrected chi connectivity index (χ1v) is 11.4. The Morgan fingerprint density at radius 2 is 1.55 bits per heavy atom. The smallest absolute Gasteiger partial charge is 0.255 e. The maximum absolute atomic E-state index is 12.6. The highest BCUT2D eigenvalue weighted by molar-refractivity contribution is 6.06. The molecular weight excluding hydrogens is 412 g/mol. The van der Waals surface area contributed by atoms with Crippen molar-refractivity contribution in [3.8, 4) is 11.4 Å². The summed E-state index contributed by atoms with van der Waals surface area (Å²) < 4.78 is 0. The van der Waals surface area contributed by atoms with Gasteiger partial charge in [-0.3, -0.25) is 9.59 Å². The lowest BCUT2D eigenvalue weighted by atomic mass is 9.95. The zero-order valence-corrected chi connectivity index (χ0v) is 18.3. The summed E-state index contributed by atoms with van der Waals surface area (Å²) in [5.74, 6) is 0.504. The number of nitrogens with one attached hydrogen (secondary N) is 3. The van der Waals surface area contributed by atoms with E-state index >= 15 is 0 Å². The number of benzene rings is 3. The Labute approximate surface area is 192 Å². The molecule has 0 spiro atoms. The van der Waals surface area contributed by atoms with Crippen molar-refractivity contribution in [2.45, 2.75) is 38.1 Å². The molecule has 166 valence electrons. The topological polar surface area (TPSA) is 86.9 Å². The van der Waals surface area contributed by atoms with Crippen LogP contribution < -0.4 is 10.6 Å². The normalized spacial score (nSPS) is 14.2. The van der Waals surface area contributed by atoms with Crippen molar-refractivity contribution in [1.82, 2.24) is 15.3 Å². The molecule has 0 aliphatic heterocycles. The molecule has 1 heterocycles. The number of amides is 2. The minimum absolute atomic E-state index is 0.0212. The van der Waals surface area contributed by atoms with Crippen LogP contribution >= 0.6 is 0 Å². The molecule has 5 rings (SSSR count). The summed E-state index contributed by atoms with van der Waals surface area (Å²) in [4.78, 5) is 33.1. The van der Waals surface area contributed by atoms with Gasteiger partial charge in [-0.15, -0.1) is 0 Å². The largest absolute Gasteiger partial charge is 0.349 e. The Bertz CT molecular complexity index is 1270. The van der Waals surface area contributed by atoms with Gasteiger partial charge in [-0.2, -0.15) is 0 Å². The van der Waals surface area contributed by atoms with Crippen LogP contribution in [0.15, 0.2) is 72.8 Å². The molecule has 3 aromatic carbocycles. The van der Waals surface area contributed by atoms with Gasteiger partial charge in [0.05, 0.1) is 11.0 Å². The Kier molecular flexibility index (Phi) is 5.89. The molecule has 4 aromatic rings. The van der Waals surface area contributed by atoms with Crippen molar-refractivity contribution in [2.75, 3.05) is 5.32 Å². The highest BCUT2D eigenvalue weighted by Gasteiger charge is 2.17. The lowest BCUT2D eigenvalue weighted by molar-refractivity contribution is 0.0927. The van der Waals surface area contributed by atoms with Gasteiger partial charge in [-0.25, -0.2) is 4.98 Å². The number of aromatic nitrogens is 2. The van der Waals surface area contributed by atoms with E-state index in [4.69, 9.17) is 0 Å². The standard InChI is InChI=1S/C27H26N4O2/c32-26(28-21-7-3-1-4-8-21)19-13-11-18(12-14-19)25-30-23-16-15-20(17-24(23)31-25)27(33)29-22-9-5-2-6-10-22/h2,5-6,9-17,21H,1,3-4,7-8H2,(H,28,32)(H,29,33)(H,30,31). The Morgan fingerprint density at radius 1 is 0.818 bits per heavy atom. The van der Waals surface area contributed by atoms with Crippen LogP contribution in [0.2, 0.25) is 0 Å². The van der Waals surface area contributed by atoms with E-state index in [-0.39, 0.29) is 17.9 Å². The van der Waals surface area contributed by atoms with E-state index in [1.54, 1.807) is 12.1 Å². The number of fused-ring (bicyclic) bond motifs is 1. The minimum Gasteiger partial charge on any atom is -0.349 e. The van der Waals surface area contributed by atoms with Crippen LogP contribution in [0.5, 0.6) is 0 Å². The number of para-hydroxylation sites is 1. The SMILES string of the molecule is O=C(Nc1ccccc1)c1ccc2nc(-c3ccc(C(=O)NC4CCCCC4)cc3)[nH]c2c1. The van der Waals surface area contributed by atoms with Crippen molar-refractivity contribution in [3.05, 3.63) is 83.9 Å². The lowest BCUT2D eigenvalue weighted by Crippen LogP contribution is -2.36. The number of H-pyrrole nitrogens is 1. The summed E-state index contributed by atoms with van der Waals surface area (Å²) in [6.07, 6.45) is 5.76. The van der Waals surface area contributed by atoms with Crippen LogP contribution in [0, 0.1) is 0 Å². The van der Waals surface area contributed by atoms with Gasteiger partial charge >= 0.3 is 0 Å². The average Bonchev–Trinajstić information content (AvgIpc) is 3.29. The van der Waals surface area contributed by atoms with Crippen LogP contribution in [0.25, 0.3) is 22.4 Å². The molecule has 1 aliphatic carbocycles. The minimum atomic E-state index is -0.174. The first-order chi connectivity index (χ1) is 16.2. The number of anilines is 1. The van der Waals surface area contributed by atoms with Crippen LogP contribution in [0.3, 0.4) is 0 Å². The highest BCUT2D eigenvalue weighted by Crippen LogP contribution is 2.23. The average molecular weight is 439 g/mol. The Hall–Kier alpha value is -3.93. The number of carbonyl (C=O) groups excluding carboxylic acids is 2. The fourth-order valence-electron chi connectivity index (χ4n) is 4.31. The predicted octanol–water partition coefficient (Wildman–Crippen LogP) is 5.54. The van der Waals surface area contributed by atoms with Gasteiger partial charge in [0, 0.05) is 28.4 Å². The monoisotopic (exact) mass is 438 g/mol. The molecule has 0 radical (unpaired) electrons. The van der Waals surface area contributed by atoms with Crippen LogP contribution in [0.4, 0.5) is 5.69 Å². The molecule has 1 aliphatic rings. The lowest BCUT2D eigenvalue weighted by Gasteiger charge is -2.22. The van der Waals surface area contributed by atoms with Crippen molar-refractivity contribution in [2.24, 2.45) is 0 Å². The number of carbonyl (C=O) groups is 2. The summed E-state index contributed by atoms with van der Waals surface area (Å²) >= 11 is 0. The van der Waals surface area contributed by atoms with Gasteiger partial charge in [0.25, 0.3) is 11.8 Å². The molecule has 2 amide bonds. The van der Waals surface area contributed by atoms with Crippen LogP contribution in [-0.4, -0.2) is 27.8 Å². The number of rotatable bonds is 5. The molecule has 6 heteroatoms. The third-order valence-corrected chi connectivity index (χ3v) is 6.14. The first kappa shape index (κ1) is 20.9. The Balaban J connectivity index is 1.30. The summed E-state index contributed by atoms with van der Waals surface area (Å²) in [5, 5.41) is 6.05. The number of hydrogen-bond acceptors (Lipinski definition) is 3. The van der Waals surface area contributed by atoms with Crippen molar-refractivity contribution < 1.29 is 9.59 Å². The molecule has 33 heavy (non-hydrogen) atoms. The first-order valence-electron chi connectivity index (χ1n) is 11.4. The fourth-order valence-corrected chi connectivity index (χ4v) is 4.31. The summed E-state index contributed by atoms with van der Waals surface area (Å²) in [6.45, 7) is 0. The van der Waals surface area contributed by atoms with E-state index < -0.39 is 0 Å². The quantitative estimate of drug-likeness (QED) is 0.382. The van der Waals surface area contributed by atoms with Gasteiger partial charge in [-0.1, -0.05) is 49.6 Å². The summed E-state index contributed by atoms with van der Waals surface area (Å²) in [5.41, 5.74) is 4.40. The van der Waals surface area contributed by atoms with Crippen LogP contribution in [0.1, 0.15) is 52.8 Å². The molecule has 0 bridgehead atoms. The van der Waals surface area contributed by atoms with E-state index in [0.717, 1.165) is 35.1 Å². The number of hydrogen-bond donors (Lipinski definition) is 3. The molecule has 6 nitrogen and oxygen atoms in total. The number of nitrogens with zero attached hydrogens (tertiary/aromatic N) is 1. The van der Waals surface area contributed by atoms with Gasteiger partial charge < -0.3 is 15.6 Å². The summed E-state index contributed by atoms with van der Waals surface area (Å²) in [7, 11) is 0. The maximum Gasteiger partial charge on any atom is 0.255 e. The number of aromatic amines is 1. The van der Waals surface area contributed by atoms with E-state index in [1.807, 2.05) is 60.7 Å². The van der Waals surface area contributed by atoms with Gasteiger partial charge in [0.1, 0.15) is 5.82 Å².